The van der Waals surface area contributed by atoms with Gasteiger partial charge in [-0.1, -0.05) is 24.3 Å². The van der Waals surface area contributed by atoms with Gasteiger partial charge in [-0.15, -0.1) is 0 Å². The number of hydrogen-bond donors (Lipinski definition) is 1. The fraction of sp³-hybridized carbons (Fsp3) is 0.158. The second kappa shape index (κ2) is 5.85. The fourth-order valence-electron chi connectivity index (χ4n) is 3.19. The normalized spacial score (nSPS) is 14.7. The number of carbonyl (C=O) groups excluding carboxylic acids is 1. The molecule has 0 fully saturated rings. The number of benzene rings is 1. The minimum absolute atomic E-state index is 0.168. The van der Waals surface area contributed by atoms with Gasteiger partial charge in [0.25, 0.3) is 5.69 Å². The van der Waals surface area contributed by atoms with Gasteiger partial charge >= 0.3 is 5.91 Å². The van der Waals surface area contributed by atoms with Crippen LogP contribution in [0.4, 0.5) is 0 Å². The Balaban J connectivity index is 1.57. The number of para-hydroxylation sites is 1. The number of fused-ring (bicyclic) bond motifs is 1. The standard InChI is InChI=1S/C19H17N3O2/c23-19(18-7-3-4-10-22(18)24)21-11-8-14(9-12-21)16-13-20-17-6-2-1-5-15(16)17/h1-8,10,13,20H,9,11-12H2. The predicted octanol–water partition coefficient (Wildman–Crippen LogP) is 2.73. The van der Waals surface area contributed by atoms with Crippen LogP contribution < -0.4 is 4.73 Å². The van der Waals surface area contributed by atoms with Crippen LogP contribution in [0.15, 0.2) is 60.9 Å². The Morgan fingerprint density at radius 3 is 2.79 bits per heavy atom. The number of H-pyrrole nitrogens is 1. The van der Waals surface area contributed by atoms with Gasteiger partial charge in [-0.2, -0.15) is 4.73 Å². The minimum Gasteiger partial charge on any atom is -0.618 e. The number of pyridine rings is 1. The van der Waals surface area contributed by atoms with Gasteiger partial charge in [0.15, 0.2) is 6.20 Å². The van der Waals surface area contributed by atoms with Crippen LogP contribution in [0.2, 0.25) is 0 Å². The van der Waals surface area contributed by atoms with Crippen LogP contribution in [0.3, 0.4) is 0 Å². The Hall–Kier alpha value is -3.08. The van der Waals surface area contributed by atoms with Gasteiger partial charge < -0.3 is 15.1 Å². The van der Waals surface area contributed by atoms with Crippen LogP contribution in [0, 0.1) is 5.21 Å². The molecule has 24 heavy (non-hydrogen) atoms. The molecule has 0 aliphatic carbocycles. The number of carbonyl (C=O) groups is 1. The average molecular weight is 319 g/mol. The molecule has 0 bridgehead atoms. The van der Waals surface area contributed by atoms with Crippen molar-refractivity contribution < 1.29 is 9.52 Å². The molecule has 0 saturated heterocycles. The molecule has 2 aromatic heterocycles. The summed E-state index contributed by atoms with van der Waals surface area (Å²) < 4.78 is 0.626. The van der Waals surface area contributed by atoms with Crippen molar-refractivity contribution in [2.24, 2.45) is 0 Å². The van der Waals surface area contributed by atoms with Crippen LogP contribution in [0.25, 0.3) is 16.5 Å². The molecule has 3 heterocycles. The summed E-state index contributed by atoms with van der Waals surface area (Å²) in [6.07, 6.45) is 6.23. The maximum atomic E-state index is 12.5. The summed E-state index contributed by atoms with van der Waals surface area (Å²) in [6, 6.07) is 13.1. The van der Waals surface area contributed by atoms with Gasteiger partial charge in [-0.25, -0.2) is 0 Å². The van der Waals surface area contributed by atoms with E-state index in [9.17, 15) is 10.0 Å². The molecule has 1 aromatic carbocycles. The van der Waals surface area contributed by atoms with Crippen molar-refractivity contribution in [3.05, 3.63) is 77.4 Å². The lowest BCUT2D eigenvalue weighted by molar-refractivity contribution is -0.608. The summed E-state index contributed by atoms with van der Waals surface area (Å²) in [5.74, 6) is -0.222. The predicted molar refractivity (Wildman–Crippen MR) is 92.2 cm³/mol. The SMILES string of the molecule is O=C(c1cccc[n+]1[O-])N1CC=C(c2c[nH]c3ccccc23)CC1. The molecule has 1 amide bonds. The molecule has 3 aromatic rings. The number of aromatic nitrogens is 2. The first kappa shape index (κ1) is 14.5. The van der Waals surface area contributed by atoms with Crippen molar-refractivity contribution in [3.63, 3.8) is 0 Å². The lowest BCUT2D eigenvalue weighted by Gasteiger charge is -2.25. The Morgan fingerprint density at radius 1 is 1.17 bits per heavy atom. The van der Waals surface area contributed by atoms with E-state index in [1.807, 2.05) is 18.3 Å². The molecule has 120 valence electrons. The molecular weight excluding hydrogens is 302 g/mol. The summed E-state index contributed by atoms with van der Waals surface area (Å²) in [4.78, 5) is 17.5. The number of amides is 1. The van der Waals surface area contributed by atoms with Gasteiger partial charge in [-0.05, 0) is 24.1 Å². The van der Waals surface area contributed by atoms with E-state index in [4.69, 9.17) is 0 Å². The third-order valence-electron chi connectivity index (χ3n) is 4.47. The quantitative estimate of drug-likeness (QED) is 0.583. The van der Waals surface area contributed by atoms with E-state index in [1.165, 1.54) is 22.7 Å². The number of aromatic amines is 1. The average Bonchev–Trinajstić information content (AvgIpc) is 3.06. The number of rotatable bonds is 2. The zero-order valence-corrected chi connectivity index (χ0v) is 13.1. The minimum atomic E-state index is -0.222. The molecule has 0 atom stereocenters. The van der Waals surface area contributed by atoms with Gasteiger partial charge in [0, 0.05) is 47.9 Å². The summed E-state index contributed by atoms with van der Waals surface area (Å²) in [5.41, 5.74) is 3.71. The molecule has 1 aliphatic rings. The highest BCUT2D eigenvalue weighted by atomic mass is 16.5. The van der Waals surface area contributed by atoms with E-state index in [0.717, 1.165) is 11.9 Å². The molecule has 5 heteroatoms. The smallest absolute Gasteiger partial charge is 0.320 e. The highest BCUT2D eigenvalue weighted by Gasteiger charge is 2.25. The summed E-state index contributed by atoms with van der Waals surface area (Å²) >= 11 is 0. The second-order valence-corrected chi connectivity index (χ2v) is 5.89. The van der Waals surface area contributed by atoms with E-state index in [0.29, 0.717) is 17.8 Å². The maximum Gasteiger partial charge on any atom is 0.320 e. The Labute approximate surface area is 139 Å². The molecule has 4 rings (SSSR count). The van der Waals surface area contributed by atoms with E-state index in [-0.39, 0.29) is 11.6 Å². The molecule has 0 unspecified atom stereocenters. The molecule has 1 aliphatic heterocycles. The third kappa shape index (κ3) is 2.44. The first-order chi connectivity index (χ1) is 11.7. The number of hydrogen-bond acceptors (Lipinski definition) is 2. The van der Waals surface area contributed by atoms with Crippen molar-refractivity contribution in [2.45, 2.75) is 6.42 Å². The topological polar surface area (TPSA) is 63.0 Å². The summed E-state index contributed by atoms with van der Waals surface area (Å²) in [7, 11) is 0. The van der Waals surface area contributed by atoms with Gasteiger partial charge in [-0.3, -0.25) is 4.79 Å². The van der Waals surface area contributed by atoms with Crippen molar-refractivity contribution in [2.75, 3.05) is 13.1 Å². The van der Waals surface area contributed by atoms with Crippen LogP contribution in [0.5, 0.6) is 0 Å². The van der Waals surface area contributed by atoms with Gasteiger partial charge in [0.05, 0.1) is 0 Å². The van der Waals surface area contributed by atoms with E-state index in [2.05, 4.69) is 23.2 Å². The Morgan fingerprint density at radius 2 is 2.00 bits per heavy atom. The lowest BCUT2D eigenvalue weighted by Crippen LogP contribution is -2.42. The molecule has 1 N–H and O–H groups in total. The number of nitrogens with one attached hydrogen (secondary N) is 1. The molecule has 0 saturated carbocycles. The van der Waals surface area contributed by atoms with Gasteiger partial charge in [0.1, 0.15) is 0 Å². The highest BCUT2D eigenvalue weighted by Crippen LogP contribution is 2.29. The van der Waals surface area contributed by atoms with Crippen molar-refractivity contribution >= 4 is 22.4 Å². The van der Waals surface area contributed by atoms with Crippen LogP contribution >= 0.6 is 0 Å². The van der Waals surface area contributed by atoms with E-state index >= 15 is 0 Å². The van der Waals surface area contributed by atoms with Crippen molar-refractivity contribution in [1.82, 2.24) is 9.88 Å². The molecule has 0 spiro atoms. The van der Waals surface area contributed by atoms with Crippen LogP contribution in [-0.4, -0.2) is 28.9 Å². The zero-order valence-electron chi connectivity index (χ0n) is 13.1. The van der Waals surface area contributed by atoms with Crippen molar-refractivity contribution in [3.8, 4) is 0 Å². The molecule has 5 nitrogen and oxygen atoms in total. The Bertz CT molecular complexity index is 942. The number of nitrogens with zero attached hydrogens (tertiary/aromatic N) is 2. The second-order valence-electron chi connectivity index (χ2n) is 5.89. The largest absolute Gasteiger partial charge is 0.618 e. The first-order valence-corrected chi connectivity index (χ1v) is 7.97. The molecular formula is C19H17N3O2. The third-order valence-corrected chi connectivity index (χ3v) is 4.47. The monoisotopic (exact) mass is 319 g/mol. The van der Waals surface area contributed by atoms with Crippen LogP contribution in [-0.2, 0) is 0 Å². The van der Waals surface area contributed by atoms with Gasteiger partial charge in [0.2, 0.25) is 0 Å². The summed E-state index contributed by atoms with van der Waals surface area (Å²) in [5, 5.41) is 12.9. The summed E-state index contributed by atoms with van der Waals surface area (Å²) in [6.45, 7) is 1.13. The van der Waals surface area contributed by atoms with Crippen molar-refractivity contribution in [1.29, 1.82) is 0 Å². The maximum absolute atomic E-state index is 12.5. The van der Waals surface area contributed by atoms with E-state index in [1.54, 1.807) is 23.1 Å². The van der Waals surface area contributed by atoms with E-state index < -0.39 is 0 Å². The molecule has 0 radical (unpaired) electrons. The fourth-order valence-corrected chi connectivity index (χ4v) is 3.19. The Kier molecular flexibility index (Phi) is 3.54. The highest BCUT2D eigenvalue weighted by molar-refractivity contribution is 5.94. The lowest BCUT2D eigenvalue weighted by atomic mass is 9.99. The van der Waals surface area contributed by atoms with Crippen LogP contribution in [0.1, 0.15) is 22.5 Å². The zero-order chi connectivity index (χ0) is 16.5. The first-order valence-electron chi connectivity index (χ1n) is 7.97.